The Morgan fingerprint density at radius 3 is 2.11 bits per heavy atom. The minimum Gasteiger partial charge on any atom is -0.466 e. The topological polar surface area (TPSA) is 55.8 Å². The van der Waals surface area contributed by atoms with Crippen LogP contribution in [0, 0.1) is 5.82 Å². The minimum atomic E-state index is -0.704. The van der Waals surface area contributed by atoms with Crippen molar-refractivity contribution in [1.29, 1.82) is 0 Å². The first kappa shape index (κ1) is 18.8. The Morgan fingerprint density at radius 1 is 1.04 bits per heavy atom. The summed E-state index contributed by atoms with van der Waals surface area (Å²) in [6.07, 6.45) is 3.32. The molecule has 27 heavy (non-hydrogen) atoms. The van der Waals surface area contributed by atoms with Gasteiger partial charge in [-0.2, -0.15) is 0 Å². The van der Waals surface area contributed by atoms with E-state index in [0.717, 1.165) is 4.88 Å². The zero-order valence-electron chi connectivity index (χ0n) is 14.8. The Bertz CT molecular complexity index is 853. The third-order valence-corrected chi connectivity index (χ3v) is 5.06. The number of carbonyl (C=O) groups is 2. The predicted molar refractivity (Wildman–Crippen MR) is 99.2 cm³/mol. The molecule has 0 atom stereocenters. The van der Waals surface area contributed by atoms with E-state index < -0.39 is 23.7 Å². The maximum atomic E-state index is 13.4. The van der Waals surface area contributed by atoms with E-state index in [9.17, 15) is 14.0 Å². The highest BCUT2D eigenvalue weighted by atomic mass is 32.1. The third kappa shape index (κ3) is 4.09. The van der Waals surface area contributed by atoms with E-state index in [1.54, 1.807) is 40.8 Å². The van der Waals surface area contributed by atoms with Crippen LogP contribution in [0.1, 0.15) is 16.4 Å². The first-order valence-electron chi connectivity index (χ1n) is 8.17. The number of hydrogen-bond donors (Lipinski definition) is 0. The Kier molecular flexibility index (Phi) is 5.71. The Morgan fingerprint density at radius 2 is 1.63 bits per heavy atom. The fourth-order valence-electron chi connectivity index (χ4n) is 2.98. The molecule has 0 radical (unpaired) electrons. The van der Waals surface area contributed by atoms with Crippen molar-refractivity contribution in [3.8, 4) is 0 Å². The molecule has 0 amide bonds. The first-order valence-corrected chi connectivity index (χ1v) is 9.05. The van der Waals surface area contributed by atoms with Crippen molar-refractivity contribution in [1.82, 2.24) is 4.90 Å². The predicted octanol–water partition coefficient (Wildman–Crippen LogP) is 3.60. The molecule has 3 rings (SSSR count). The van der Waals surface area contributed by atoms with Crippen LogP contribution in [0.5, 0.6) is 0 Å². The van der Waals surface area contributed by atoms with Crippen LogP contribution in [0.4, 0.5) is 4.39 Å². The maximum Gasteiger partial charge on any atom is 0.336 e. The van der Waals surface area contributed by atoms with Crippen molar-refractivity contribution in [2.45, 2.75) is 12.5 Å². The van der Waals surface area contributed by atoms with Crippen LogP contribution in [0.15, 0.2) is 65.3 Å². The molecule has 0 unspecified atom stereocenters. The number of carbonyl (C=O) groups excluding carboxylic acids is 2. The van der Waals surface area contributed by atoms with Gasteiger partial charge in [-0.15, -0.1) is 11.3 Å². The highest BCUT2D eigenvalue weighted by Crippen LogP contribution is 2.37. The second kappa shape index (κ2) is 8.18. The summed E-state index contributed by atoms with van der Waals surface area (Å²) in [6.45, 7) is 0.495. The number of halogens is 1. The van der Waals surface area contributed by atoms with Crippen molar-refractivity contribution in [3.05, 3.63) is 81.6 Å². The highest BCUT2D eigenvalue weighted by molar-refractivity contribution is 7.09. The average molecular weight is 387 g/mol. The highest BCUT2D eigenvalue weighted by Gasteiger charge is 2.35. The van der Waals surface area contributed by atoms with Gasteiger partial charge in [0.15, 0.2) is 0 Å². The van der Waals surface area contributed by atoms with Crippen LogP contribution in [-0.4, -0.2) is 31.1 Å². The van der Waals surface area contributed by atoms with Gasteiger partial charge >= 0.3 is 11.9 Å². The minimum absolute atomic E-state index is 0.281. The SMILES string of the molecule is COC(=O)C1=CN(Cc2cccs2)C=C(C(=O)OC)C1c1ccc(F)cc1. The van der Waals surface area contributed by atoms with Crippen LogP contribution in [0.2, 0.25) is 0 Å². The van der Waals surface area contributed by atoms with Crippen molar-refractivity contribution in [2.75, 3.05) is 14.2 Å². The molecule has 0 spiro atoms. The summed E-state index contributed by atoms with van der Waals surface area (Å²) in [7, 11) is 2.56. The lowest BCUT2D eigenvalue weighted by molar-refractivity contribution is -0.137. The van der Waals surface area contributed by atoms with E-state index in [2.05, 4.69) is 0 Å². The van der Waals surface area contributed by atoms with Gasteiger partial charge in [-0.3, -0.25) is 0 Å². The second-order valence-electron chi connectivity index (χ2n) is 5.89. The molecule has 0 N–H and O–H groups in total. The molecule has 1 aromatic heterocycles. The first-order chi connectivity index (χ1) is 13.0. The van der Waals surface area contributed by atoms with Crippen LogP contribution in [0.25, 0.3) is 0 Å². The zero-order chi connectivity index (χ0) is 19.4. The molecular formula is C20H18FNO4S. The van der Waals surface area contributed by atoms with Crippen LogP contribution < -0.4 is 0 Å². The molecule has 1 aromatic carbocycles. The number of hydrogen-bond acceptors (Lipinski definition) is 6. The molecule has 7 heteroatoms. The van der Waals surface area contributed by atoms with E-state index in [1.807, 2.05) is 17.5 Å². The molecule has 1 aliphatic rings. The van der Waals surface area contributed by atoms with E-state index >= 15 is 0 Å². The Labute approximate surface area is 160 Å². The molecule has 1 aliphatic heterocycles. The van der Waals surface area contributed by atoms with E-state index in [4.69, 9.17) is 9.47 Å². The molecule has 0 bridgehead atoms. The normalized spacial score (nSPS) is 14.4. The number of esters is 2. The lowest BCUT2D eigenvalue weighted by Crippen LogP contribution is -2.28. The van der Waals surface area contributed by atoms with Crippen molar-refractivity contribution >= 4 is 23.3 Å². The fourth-order valence-corrected chi connectivity index (χ4v) is 3.69. The summed E-state index contributed by atoms with van der Waals surface area (Å²) < 4.78 is 23.2. The largest absolute Gasteiger partial charge is 0.466 e. The molecule has 140 valence electrons. The molecule has 0 saturated heterocycles. The summed E-state index contributed by atoms with van der Waals surface area (Å²) in [5, 5.41) is 1.95. The summed E-state index contributed by atoms with van der Waals surface area (Å²) in [5.41, 5.74) is 1.16. The molecule has 0 aliphatic carbocycles. The quantitative estimate of drug-likeness (QED) is 0.734. The lowest BCUT2D eigenvalue weighted by atomic mass is 9.83. The Hall–Kier alpha value is -2.93. The average Bonchev–Trinajstić information content (AvgIpc) is 3.20. The van der Waals surface area contributed by atoms with Crippen molar-refractivity contribution in [3.63, 3.8) is 0 Å². The zero-order valence-corrected chi connectivity index (χ0v) is 15.7. The van der Waals surface area contributed by atoms with E-state index in [1.165, 1.54) is 26.4 Å². The van der Waals surface area contributed by atoms with Gasteiger partial charge in [0, 0.05) is 17.3 Å². The standard InChI is InChI=1S/C20H18FNO4S/c1-25-19(23)16-11-22(10-15-4-3-9-27-15)12-17(20(24)26-2)18(16)13-5-7-14(21)8-6-13/h3-9,11-12,18H,10H2,1-2H3. The van der Waals surface area contributed by atoms with Crippen molar-refractivity contribution in [2.24, 2.45) is 0 Å². The molecule has 0 saturated carbocycles. The van der Waals surface area contributed by atoms with Gasteiger partial charge in [0.1, 0.15) is 5.82 Å². The molecule has 5 nitrogen and oxygen atoms in total. The van der Waals surface area contributed by atoms with Crippen molar-refractivity contribution < 1.29 is 23.5 Å². The maximum absolute atomic E-state index is 13.4. The molecule has 2 heterocycles. The molecule has 2 aromatic rings. The third-order valence-electron chi connectivity index (χ3n) is 4.20. The van der Waals surface area contributed by atoms with Gasteiger partial charge in [0.05, 0.1) is 37.8 Å². The smallest absolute Gasteiger partial charge is 0.336 e. The second-order valence-corrected chi connectivity index (χ2v) is 6.92. The van der Waals surface area contributed by atoms with Crippen LogP contribution in [-0.2, 0) is 25.6 Å². The summed E-state index contributed by atoms with van der Waals surface area (Å²) in [6, 6.07) is 9.56. The van der Waals surface area contributed by atoms with Crippen LogP contribution in [0.3, 0.4) is 0 Å². The number of rotatable bonds is 5. The van der Waals surface area contributed by atoms with Gasteiger partial charge in [-0.1, -0.05) is 18.2 Å². The lowest BCUT2D eigenvalue weighted by Gasteiger charge is -2.29. The molecule has 0 fully saturated rings. The number of benzene rings is 1. The van der Waals surface area contributed by atoms with E-state index in [0.29, 0.717) is 12.1 Å². The van der Waals surface area contributed by atoms with Gasteiger partial charge < -0.3 is 14.4 Å². The number of nitrogens with zero attached hydrogens (tertiary/aromatic N) is 1. The monoisotopic (exact) mass is 387 g/mol. The van der Waals surface area contributed by atoms with Gasteiger partial charge in [0.25, 0.3) is 0 Å². The number of methoxy groups -OCH3 is 2. The summed E-state index contributed by atoms with van der Waals surface area (Å²) in [4.78, 5) is 27.7. The number of thiophene rings is 1. The van der Waals surface area contributed by atoms with Crippen LogP contribution >= 0.6 is 11.3 Å². The summed E-state index contributed by atoms with van der Waals surface area (Å²) in [5.74, 6) is -2.23. The summed E-state index contributed by atoms with van der Waals surface area (Å²) >= 11 is 1.57. The van der Waals surface area contributed by atoms with Gasteiger partial charge in [-0.25, -0.2) is 14.0 Å². The van der Waals surface area contributed by atoms with Gasteiger partial charge in [0.2, 0.25) is 0 Å². The fraction of sp³-hybridized carbons (Fsp3) is 0.200. The Balaban J connectivity index is 2.07. The van der Waals surface area contributed by atoms with Gasteiger partial charge in [-0.05, 0) is 29.1 Å². The molecular weight excluding hydrogens is 369 g/mol. The van der Waals surface area contributed by atoms with E-state index in [-0.39, 0.29) is 11.1 Å². The number of ether oxygens (including phenoxy) is 2.